The highest BCUT2D eigenvalue weighted by Crippen LogP contribution is 2.15. The predicted molar refractivity (Wildman–Crippen MR) is 78.1 cm³/mol. The van der Waals surface area contributed by atoms with Crippen molar-refractivity contribution in [3.05, 3.63) is 65.5 Å². The van der Waals surface area contributed by atoms with E-state index in [0.717, 1.165) is 5.56 Å². The first-order valence-electron chi connectivity index (χ1n) is 6.45. The minimum absolute atomic E-state index is 0.273. The third-order valence-corrected chi connectivity index (χ3v) is 2.94. The van der Waals surface area contributed by atoms with Crippen molar-refractivity contribution in [2.75, 3.05) is 5.32 Å². The zero-order chi connectivity index (χ0) is 15.2. The molecular weight excluding hydrogens is 271 g/mol. The van der Waals surface area contributed by atoms with Crippen molar-refractivity contribution in [3.8, 4) is 0 Å². The van der Waals surface area contributed by atoms with E-state index in [1.54, 1.807) is 6.92 Å². The van der Waals surface area contributed by atoms with Gasteiger partial charge < -0.3 is 10.6 Å². The summed E-state index contributed by atoms with van der Waals surface area (Å²) in [6.45, 7) is 1.93. The lowest BCUT2D eigenvalue weighted by Crippen LogP contribution is -2.35. The van der Waals surface area contributed by atoms with Gasteiger partial charge in [0, 0.05) is 12.2 Å². The summed E-state index contributed by atoms with van der Waals surface area (Å²) < 4.78 is 13.0. The minimum atomic E-state index is -0.777. The molecule has 108 valence electrons. The van der Waals surface area contributed by atoms with E-state index in [9.17, 15) is 14.0 Å². The molecule has 0 aliphatic carbocycles. The third-order valence-electron chi connectivity index (χ3n) is 2.94. The Morgan fingerprint density at radius 2 is 1.76 bits per heavy atom. The van der Waals surface area contributed by atoms with Gasteiger partial charge in [-0.3, -0.25) is 9.59 Å². The fourth-order valence-corrected chi connectivity index (χ4v) is 1.80. The molecule has 2 aromatic rings. The number of anilines is 1. The third kappa shape index (κ3) is 4.14. The van der Waals surface area contributed by atoms with Crippen LogP contribution in [0, 0.1) is 12.7 Å². The van der Waals surface area contributed by atoms with Gasteiger partial charge in [0.1, 0.15) is 5.82 Å². The maximum Gasteiger partial charge on any atom is 0.313 e. The van der Waals surface area contributed by atoms with Crippen molar-refractivity contribution in [2.24, 2.45) is 0 Å². The van der Waals surface area contributed by atoms with E-state index >= 15 is 0 Å². The fourth-order valence-electron chi connectivity index (χ4n) is 1.80. The Labute approximate surface area is 122 Å². The average Bonchev–Trinajstić information content (AvgIpc) is 2.48. The molecule has 4 nitrogen and oxygen atoms in total. The van der Waals surface area contributed by atoms with Crippen LogP contribution in [0.1, 0.15) is 11.1 Å². The standard InChI is InChI=1S/C16H15FN2O2/c1-11-9-13(17)7-8-14(11)19-16(21)15(20)18-10-12-5-3-2-4-6-12/h2-9H,10H2,1H3,(H,18,20)(H,19,21). The molecule has 0 aliphatic rings. The highest BCUT2D eigenvalue weighted by Gasteiger charge is 2.14. The molecule has 2 N–H and O–H groups in total. The Kier molecular flexibility index (Phi) is 4.66. The number of halogens is 1. The van der Waals surface area contributed by atoms with Gasteiger partial charge in [-0.15, -0.1) is 0 Å². The Morgan fingerprint density at radius 3 is 2.43 bits per heavy atom. The Hall–Kier alpha value is -2.69. The van der Waals surface area contributed by atoms with Gasteiger partial charge in [0.2, 0.25) is 0 Å². The fraction of sp³-hybridized carbons (Fsp3) is 0.125. The van der Waals surface area contributed by atoms with Crippen LogP contribution in [0.15, 0.2) is 48.5 Å². The zero-order valence-corrected chi connectivity index (χ0v) is 11.5. The molecule has 0 heterocycles. The molecule has 5 heteroatoms. The molecule has 0 saturated carbocycles. The highest BCUT2D eigenvalue weighted by molar-refractivity contribution is 6.39. The summed E-state index contributed by atoms with van der Waals surface area (Å²) in [5.74, 6) is -1.90. The number of carbonyl (C=O) groups is 2. The van der Waals surface area contributed by atoms with Crippen LogP contribution >= 0.6 is 0 Å². The van der Waals surface area contributed by atoms with Crippen LogP contribution in [0.3, 0.4) is 0 Å². The van der Waals surface area contributed by atoms with Gasteiger partial charge in [-0.2, -0.15) is 0 Å². The number of benzene rings is 2. The van der Waals surface area contributed by atoms with Gasteiger partial charge in [-0.05, 0) is 36.2 Å². The Bertz CT molecular complexity index is 657. The lowest BCUT2D eigenvalue weighted by atomic mass is 10.2. The molecular formula is C16H15FN2O2. The van der Waals surface area contributed by atoms with Crippen LogP contribution in [-0.2, 0) is 16.1 Å². The summed E-state index contributed by atoms with van der Waals surface area (Å²) in [4.78, 5) is 23.5. The van der Waals surface area contributed by atoms with Crippen molar-refractivity contribution >= 4 is 17.5 Å². The summed E-state index contributed by atoms with van der Waals surface area (Å²) in [5.41, 5.74) is 1.87. The topological polar surface area (TPSA) is 58.2 Å². The Balaban J connectivity index is 1.92. The number of aryl methyl sites for hydroxylation is 1. The first-order valence-corrected chi connectivity index (χ1v) is 6.45. The molecule has 0 saturated heterocycles. The number of carbonyl (C=O) groups excluding carboxylic acids is 2. The molecule has 2 rings (SSSR count). The Morgan fingerprint density at radius 1 is 1.05 bits per heavy atom. The van der Waals surface area contributed by atoms with Crippen LogP contribution in [0.25, 0.3) is 0 Å². The van der Waals surface area contributed by atoms with Gasteiger partial charge in [0.15, 0.2) is 0 Å². The summed E-state index contributed by atoms with van der Waals surface area (Å²) >= 11 is 0. The molecule has 0 fully saturated rings. The molecule has 0 unspecified atom stereocenters. The first-order chi connectivity index (χ1) is 10.1. The molecule has 2 amide bonds. The summed E-state index contributed by atoms with van der Waals surface area (Å²) in [5, 5.41) is 4.98. The van der Waals surface area contributed by atoms with Gasteiger partial charge in [0.25, 0.3) is 0 Å². The second kappa shape index (κ2) is 6.65. The lowest BCUT2D eigenvalue weighted by molar-refractivity contribution is -0.136. The van der Waals surface area contributed by atoms with Crippen molar-refractivity contribution in [1.29, 1.82) is 0 Å². The van der Waals surface area contributed by atoms with Gasteiger partial charge in [-0.25, -0.2) is 4.39 Å². The predicted octanol–water partition coefficient (Wildman–Crippen LogP) is 2.39. The van der Waals surface area contributed by atoms with Gasteiger partial charge >= 0.3 is 11.8 Å². The first kappa shape index (κ1) is 14.7. The molecule has 0 radical (unpaired) electrons. The van der Waals surface area contributed by atoms with E-state index in [1.165, 1.54) is 18.2 Å². The highest BCUT2D eigenvalue weighted by atomic mass is 19.1. The zero-order valence-electron chi connectivity index (χ0n) is 11.5. The monoisotopic (exact) mass is 286 g/mol. The summed E-state index contributed by atoms with van der Waals surface area (Å²) in [6, 6.07) is 13.2. The van der Waals surface area contributed by atoms with Crippen molar-refractivity contribution in [3.63, 3.8) is 0 Å². The van der Waals surface area contributed by atoms with Gasteiger partial charge in [-0.1, -0.05) is 30.3 Å². The molecule has 0 spiro atoms. The van der Waals surface area contributed by atoms with Crippen LogP contribution in [0.4, 0.5) is 10.1 Å². The number of hydrogen-bond acceptors (Lipinski definition) is 2. The van der Waals surface area contributed by atoms with Gasteiger partial charge in [0.05, 0.1) is 0 Å². The molecule has 0 atom stereocenters. The SMILES string of the molecule is Cc1cc(F)ccc1NC(=O)C(=O)NCc1ccccc1. The van der Waals surface area contributed by atoms with Crippen molar-refractivity contribution in [1.82, 2.24) is 5.32 Å². The van der Waals surface area contributed by atoms with Crippen LogP contribution < -0.4 is 10.6 Å². The number of amides is 2. The van der Waals surface area contributed by atoms with E-state index < -0.39 is 11.8 Å². The largest absolute Gasteiger partial charge is 0.344 e. The molecule has 0 aliphatic heterocycles. The smallest absolute Gasteiger partial charge is 0.313 e. The second-order valence-corrected chi connectivity index (χ2v) is 4.58. The van der Waals surface area contributed by atoms with Crippen LogP contribution in [0.5, 0.6) is 0 Å². The summed E-state index contributed by atoms with van der Waals surface area (Å²) in [6.07, 6.45) is 0. The quantitative estimate of drug-likeness (QED) is 0.851. The molecule has 0 aromatic heterocycles. The summed E-state index contributed by atoms with van der Waals surface area (Å²) in [7, 11) is 0. The second-order valence-electron chi connectivity index (χ2n) is 4.58. The van der Waals surface area contributed by atoms with E-state index in [0.29, 0.717) is 11.3 Å². The lowest BCUT2D eigenvalue weighted by Gasteiger charge is -2.09. The minimum Gasteiger partial charge on any atom is -0.344 e. The van der Waals surface area contributed by atoms with E-state index in [1.807, 2.05) is 30.3 Å². The maximum atomic E-state index is 13.0. The van der Waals surface area contributed by atoms with Crippen molar-refractivity contribution < 1.29 is 14.0 Å². The van der Waals surface area contributed by atoms with E-state index in [2.05, 4.69) is 10.6 Å². The molecule has 21 heavy (non-hydrogen) atoms. The van der Waals surface area contributed by atoms with Crippen LogP contribution in [-0.4, -0.2) is 11.8 Å². The number of rotatable bonds is 3. The van der Waals surface area contributed by atoms with E-state index in [-0.39, 0.29) is 12.4 Å². The maximum absolute atomic E-state index is 13.0. The van der Waals surface area contributed by atoms with Crippen LogP contribution in [0.2, 0.25) is 0 Å². The number of hydrogen-bond donors (Lipinski definition) is 2. The molecule has 0 bridgehead atoms. The number of nitrogens with one attached hydrogen (secondary N) is 2. The van der Waals surface area contributed by atoms with E-state index in [4.69, 9.17) is 0 Å². The van der Waals surface area contributed by atoms with Crippen molar-refractivity contribution in [2.45, 2.75) is 13.5 Å². The molecule has 2 aromatic carbocycles. The average molecular weight is 286 g/mol. The normalized spacial score (nSPS) is 10.0.